The number of aromatic nitrogens is 3. The number of hydrogen-bond donors (Lipinski definition) is 0. The standard InChI is InChI=1S/C11H11Br2N3OS/c1-6(2)16-10(14-5-15-16)4-8(17)9-3-7(12)11(13)18-9/h3,5-6H,4H2,1-2H3. The van der Waals surface area contributed by atoms with E-state index in [1.165, 1.54) is 17.7 Å². The fourth-order valence-corrected chi connectivity index (χ4v) is 3.52. The molecule has 0 aromatic carbocycles. The number of ketones is 1. The van der Waals surface area contributed by atoms with Gasteiger partial charge in [0.25, 0.3) is 0 Å². The number of carbonyl (C=O) groups is 1. The number of nitrogens with zero attached hydrogens (tertiary/aromatic N) is 3. The Morgan fingerprint density at radius 1 is 1.50 bits per heavy atom. The summed E-state index contributed by atoms with van der Waals surface area (Å²) in [4.78, 5) is 17.0. The zero-order valence-corrected chi connectivity index (χ0v) is 13.8. The Hall–Kier alpha value is -0.530. The van der Waals surface area contributed by atoms with E-state index in [4.69, 9.17) is 0 Å². The summed E-state index contributed by atoms with van der Waals surface area (Å²) in [6.45, 7) is 4.03. The van der Waals surface area contributed by atoms with Crippen molar-refractivity contribution in [1.29, 1.82) is 0 Å². The molecular formula is C11H11Br2N3OS. The molecular weight excluding hydrogens is 382 g/mol. The molecule has 2 heterocycles. The van der Waals surface area contributed by atoms with Gasteiger partial charge in [0.15, 0.2) is 5.78 Å². The van der Waals surface area contributed by atoms with Crippen LogP contribution in [0.1, 0.15) is 35.4 Å². The normalized spacial score (nSPS) is 11.2. The largest absolute Gasteiger partial charge is 0.293 e. The van der Waals surface area contributed by atoms with Crippen LogP contribution in [0.3, 0.4) is 0 Å². The average molecular weight is 393 g/mol. The molecule has 0 unspecified atom stereocenters. The first-order chi connectivity index (χ1) is 8.49. The first-order valence-corrected chi connectivity index (χ1v) is 7.75. The van der Waals surface area contributed by atoms with Crippen LogP contribution in [0.4, 0.5) is 0 Å². The molecule has 0 aliphatic carbocycles. The Kier molecular flexibility index (Phi) is 4.34. The summed E-state index contributed by atoms with van der Waals surface area (Å²) in [5.41, 5.74) is 0. The highest BCUT2D eigenvalue weighted by Gasteiger charge is 2.16. The van der Waals surface area contributed by atoms with Gasteiger partial charge in [-0.15, -0.1) is 11.3 Å². The van der Waals surface area contributed by atoms with Crippen molar-refractivity contribution in [3.63, 3.8) is 0 Å². The fraction of sp³-hybridized carbons (Fsp3) is 0.364. The topological polar surface area (TPSA) is 47.8 Å². The molecule has 0 fully saturated rings. The van der Waals surface area contributed by atoms with Gasteiger partial charge in [-0.3, -0.25) is 4.79 Å². The first kappa shape index (κ1) is 13.9. The highest BCUT2D eigenvalue weighted by Crippen LogP contribution is 2.32. The zero-order chi connectivity index (χ0) is 13.3. The van der Waals surface area contributed by atoms with Gasteiger partial charge in [0.05, 0.1) is 15.1 Å². The lowest BCUT2D eigenvalue weighted by atomic mass is 10.2. The summed E-state index contributed by atoms with van der Waals surface area (Å²) in [6, 6.07) is 2.03. The molecule has 4 nitrogen and oxygen atoms in total. The highest BCUT2D eigenvalue weighted by molar-refractivity contribution is 9.13. The molecule has 0 aliphatic rings. The van der Waals surface area contributed by atoms with Crippen LogP contribution in [0.15, 0.2) is 20.7 Å². The molecule has 0 bridgehead atoms. The second-order valence-corrected chi connectivity index (χ2v) is 7.27. The monoisotopic (exact) mass is 391 g/mol. The van der Waals surface area contributed by atoms with Gasteiger partial charge in [0, 0.05) is 10.5 Å². The summed E-state index contributed by atoms with van der Waals surface area (Å²) in [7, 11) is 0. The first-order valence-electron chi connectivity index (χ1n) is 5.35. The lowest BCUT2D eigenvalue weighted by Gasteiger charge is -2.08. The van der Waals surface area contributed by atoms with Crippen molar-refractivity contribution in [1.82, 2.24) is 14.8 Å². The zero-order valence-electron chi connectivity index (χ0n) is 9.85. The van der Waals surface area contributed by atoms with E-state index < -0.39 is 0 Å². The number of Topliss-reactive ketones (excluding diaryl/α,β-unsaturated/α-hetero) is 1. The molecule has 7 heteroatoms. The van der Waals surface area contributed by atoms with Crippen LogP contribution >= 0.6 is 43.2 Å². The Balaban J connectivity index is 2.19. The molecule has 18 heavy (non-hydrogen) atoms. The van der Waals surface area contributed by atoms with E-state index in [1.807, 2.05) is 19.9 Å². The fourth-order valence-electron chi connectivity index (χ4n) is 1.55. The van der Waals surface area contributed by atoms with E-state index in [2.05, 4.69) is 41.9 Å². The molecule has 0 amide bonds. The van der Waals surface area contributed by atoms with E-state index in [1.54, 1.807) is 4.68 Å². The minimum absolute atomic E-state index is 0.0568. The van der Waals surface area contributed by atoms with Crippen molar-refractivity contribution in [2.75, 3.05) is 0 Å². The third-order valence-corrected chi connectivity index (χ3v) is 5.67. The van der Waals surface area contributed by atoms with Gasteiger partial charge >= 0.3 is 0 Å². The lowest BCUT2D eigenvalue weighted by Crippen LogP contribution is -2.12. The molecule has 0 radical (unpaired) electrons. The second kappa shape index (κ2) is 5.63. The van der Waals surface area contributed by atoms with Crippen LogP contribution < -0.4 is 0 Å². The minimum atomic E-state index is 0.0568. The van der Waals surface area contributed by atoms with Crippen LogP contribution in [-0.4, -0.2) is 20.5 Å². The molecule has 0 saturated heterocycles. The maximum absolute atomic E-state index is 12.1. The molecule has 0 atom stereocenters. The van der Waals surface area contributed by atoms with Crippen molar-refractivity contribution < 1.29 is 4.79 Å². The summed E-state index contributed by atoms with van der Waals surface area (Å²) >= 11 is 8.19. The number of hydrogen-bond acceptors (Lipinski definition) is 4. The van der Waals surface area contributed by atoms with Gasteiger partial charge < -0.3 is 0 Å². The van der Waals surface area contributed by atoms with Gasteiger partial charge in [-0.1, -0.05) is 0 Å². The van der Waals surface area contributed by atoms with Gasteiger partial charge in [-0.2, -0.15) is 5.10 Å². The minimum Gasteiger partial charge on any atom is -0.293 e. The molecule has 0 spiro atoms. The van der Waals surface area contributed by atoms with Crippen LogP contribution in [0.5, 0.6) is 0 Å². The Morgan fingerprint density at radius 2 is 2.22 bits per heavy atom. The number of rotatable bonds is 4. The van der Waals surface area contributed by atoms with Gasteiger partial charge in [-0.25, -0.2) is 9.67 Å². The molecule has 2 rings (SSSR count). The van der Waals surface area contributed by atoms with Crippen molar-refractivity contribution in [2.45, 2.75) is 26.3 Å². The number of halogens is 2. The summed E-state index contributed by atoms with van der Waals surface area (Å²) in [6.07, 6.45) is 1.76. The molecule has 96 valence electrons. The van der Waals surface area contributed by atoms with Crippen LogP contribution in [0, 0.1) is 0 Å². The third kappa shape index (κ3) is 2.89. The smallest absolute Gasteiger partial charge is 0.180 e. The number of thiophene rings is 1. The quantitative estimate of drug-likeness (QED) is 0.742. The molecule has 0 aliphatic heterocycles. The van der Waals surface area contributed by atoms with E-state index in [9.17, 15) is 4.79 Å². The molecule has 2 aromatic rings. The predicted octanol–water partition coefficient (Wildman–Crippen LogP) is 3.87. The van der Waals surface area contributed by atoms with E-state index in [0.717, 1.165) is 8.26 Å². The van der Waals surface area contributed by atoms with Crippen molar-refractivity contribution in [3.05, 3.63) is 31.4 Å². The number of carbonyl (C=O) groups excluding carboxylic acids is 1. The summed E-state index contributed by atoms with van der Waals surface area (Å²) < 4.78 is 3.60. The van der Waals surface area contributed by atoms with Crippen molar-refractivity contribution >= 4 is 49.0 Å². The maximum atomic E-state index is 12.1. The third-order valence-electron chi connectivity index (χ3n) is 2.38. The maximum Gasteiger partial charge on any atom is 0.180 e. The van der Waals surface area contributed by atoms with Crippen molar-refractivity contribution in [3.8, 4) is 0 Å². The molecule has 2 aromatic heterocycles. The van der Waals surface area contributed by atoms with E-state index in [-0.39, 0.29) is 18.2 Å². The van der Waals surface area contributed by atoms with Gasteiger partial charge in [0.2, 0.25) is 0 Å². The van der Waals surface area contributed by atoms with E-state index in [0.29, 0.717) is 10.7 Å². The summed E-state index contributed by atoms with van der Waals surface area (Å²) in [5.74, 6) is 0.761. The Labute approximate surface area is 126 Å². The predicted molar refractivity (Wildman–Crippen MR) is 78.2 cm³/mol. The van der Waals surface area contributed by atoms with Crippen LogP contribution in [-0.2, 0) is 6.42 Å². The van der Waals surface area contributed by atoms with Gasteiger partial charge in [-0.05, 0) is 51.8 Å². The van der Waals surface area contributed by atoms with Crippen LogP contribution in [0.2, 0.25) is 0 Å². The molecule has 0 saturated carbocycles. The molecule has 0 N–H and O–H groups in total. The second-order valence-electron chi connectivity index (χ2n) is 4.05. The SMILES string of the molecule is CC(C)n1ncnc1CC(=O)c1cc(Br)c(Br)s1. The Bertz CT molecular complexity index is 557. The average Bonchev–Trinajstić information content (AvgIpc) is 2.87. The van der Waals surface area contributed by atoms with E-state index >= 15 is 0 Å². The van der Waals surface area contributed by atoms with Crippen molar-refractivity contribution in [2.24, 2.45) is 0 Å². The summed E-state index contributed by atoms with van der Waals surface area (Å²) in [5, 5.41) is 4.12. The van der Waals surface area contributed by atoms with Gasteiger partial charge in [0.1, 0.15) is 12.2 Å². The lowest BCUT2D eigenvalue weighted by molar-refractivity contribution is 0.0993. The highest BCUT2D eigenvalue weighted by atomic mass is 79.9. The van der Waals surface area contributed by atoms with Crippen LogP contribution in [0.25, 0.3) is 0 Å². The Morgan fingerprint density at radius 3 is 2.78 bits per heavy atom.